The summed E-state index contributed by atoms with van der Waals surface area (Å²) in [6, 6.07) is 5.10. The van der Waals surface area contributed by atoms with Crippen molar-refractivity contribution in [2.45, 2.75) is 38.6 Å². The minimum Gasteiger partial charge on any atom is -0.480 e. The molecule has 1 atom stereocenters. The first-order valence-electron chi connectivity index (χ1n) is 6.67. The molecule has 2 rings (SSSR count). The number of halogens is 1. The third-order valence-corrected chi connectivity index (χ3v) is 4.10. The first-order valence-corrected chi connectivity index (χ1v) is 7.05. The molecule has 0 saturated carbocycles. The maximum Gasteiger partial charge on any atom is 0.329 e. The highest BCUT2D eigenvalue weighted by Crippen LogP contribution is 2.30. The first kappa shape index (κ1) is 14.9. The Bertz CT molecular complexity index is 538. The fraction of sp³-hybridized carbons (Fsp3) is 0.467. The number of benzene rings is 1. The number of amides is 1. The van der Waals surface area contributed by atoms with E-state index in [4.69, 9.17) is 11.6 Å². The Morgan fingerprint density at radius 1 is 1.30 bits per heavy atom. The highest BCUT2D eigenvalue weighted by Gasteiger charge is 2.44. The van der Waals surface area contributed by atoms with Crippen LogP contribution in [0.4, 0.5) is 0 Å². The number of aryl methyl sites for hydroxylation is 1. The zero-order valence-electron chi connectivity index (χ0n) is 11.6. The van der Waals surface area contributed by atoms with E-state index in [1.54, 1.807) is 25.1 Å². The van der Waals surface area contributed by atoms with Crippen LogP contribution in [-0.4, -0.2) is 34.0 Å². The second-order valence-corrected chi connectivity index (χ2v) is 5.95. The summed E-state index contributed by atoms with van der Waals surface area (Å²) >= 11 is 5.98. The van der Waals surface area contributed by atoms with Crippen molar-refractivity contribution in [2.24, 2.45) is 0 Å². The average molecular weight is 296 g/mol. The number of rotatable bonds is 2. The number of carbonyl (C=O) groups excluding carboxylic acids is 1. The van der Waals surface area contributed by atoms with Gasteiger partial charge in [0.05, 0.1) is 0 Å². The molecule has 1 amide bonds. The molecule has 0 aromatic heterocycles. The van der Waals surface area contributed by atoms with Crippen molar-refractivity contribution in [3.63, 3.8) is 0 Å². The van der Waals surface area contributed by atoms with E-state index in [1.807, 2.05) is 6.92 Å². The molecular formula is C15H18ClNO3. The molecule has 1 aromatic rings. The van der Waals surface area contributed by atoms with Gasteiger partial charge in [0.15, 0.2) is 0 Å². The van der Waals surface area contributed by atoms with E-state index >= 15 is 0 Å². The van der Waals surface area contributed by atoms with Gasteiger partial charge < -0.3 is 10.0 Å². The SMILES string of the molecule is Cc1cc(Cl)cc(C(=O)N2CCCCC2(C)C(=O)O)c1. The quantitative estimate of drug-likeness (QED) is 0.912. The lowest BCUT2D eigenvalue weighted by atomic mass is 9.87. The van der Waals surface area contributed by atoms with Crippen molar-refractivity contribution in [3.05, 3.63) is 34.3 Å². The number of aliphatic carboxylic acids is 1. The summed E-state index contributed by atoms with van der Waals surface area (Å²) in [5, 5.41) is 9.94. The minimum atomic E-state index is -1.13. The highest BCUT2D eigenvalue weighted by atomic mass is 35.5. The molecule has 1 N–H and O–H groups in total. The van der Waals surface area contributed by atoms with E-state index in [-0.39, 0.29) is 5.91 Å². The van der Waals surface area contributed by atoms with Gasteiger partial charge in [0.25, 0.3) is 5.91 Å². The normalized spacial score (nSPS) is 22.6. The second kappa shape index (κ2) is 5.44. The molecule has 5 heteroatoms. The van der Waals surface area contributed by atoms with E-state index in [1.165, 1.54) is 4.90 Å². The number of carboxylic acids is 1. The Balaban J connectivity index is 2.37. The largest absolute Gasteiger partial charge is 0.480 e. The molecule has 1 unspecified atom stereocenters. The van der Waals surface area contributed by atoms with Crippen molar-refractivity contribution < 1.29 is 14.7 Å². The van der Waals surface area contributed by atoms with Gasteiger partial charge in [0, 0.05) is 17.1 Å². The van der Waals surface area contributed by atoms with Gasteiger partial charge in [-0.15, -0.1) is 0 Å². The molecule has 1 aromatic carbocycles. The number of piperidine rings is 1. The zero-order valence-corrected chi connectivity index (χ0v) is 12.4. The summed E-state index contributed by atoms with van der Waals surface area (Å²) in [7, 11) is 0. The molecule has 4 nitrogen and oxygen atoms in total. The predicted octanol–water partition coefficient (Wildman–Crippen LogP) is 3.12. The number of hydrogen-bond donors (Lipinski definition) is 1. The Labute approximate surface area is 123 Å². The molecule has 20 heavy (non-hydrogen) atoms. The summed E-state index contributed by atoms with van der Waals surface area (Å²) in [6.07, 6.45) is 2.13. The van der Waals surface area contributed by atoms with Crippen LogP contribution in [0.5, 0.6) is 0 Å². The Kier molecular flexibility index (Phi) is 4.04. The summed E-state index contributed by atoms with van der Waals surface area (Å²) in [5.74, 6) is -1.22. The fourth-order valence-corrected chi connectivity index (χ4v) is 2.97. The van der Waals surface area contributed by atoms with Crippen LogP contribution in [0, 0.1) is 6.92 Å². The monoisotopic (exact) mass is 295 g/mol. The van der Waals surface area contributed by atoms with Crippen LogP contribution < -0.4 is 0 Å². The van der Waals surface area contributed by atoms with Crippen LogP contribution in [-0.2, 0) is 4.79 Å². The van der Waals surface area contributed by atoms with Gasteiger partial charge >= 0.3 is 5.97 Å². The van der Waals surface area contributed by atoms with Crippen LogP contribution in [0.25, 0.3) is 0 Å². The lowest BCUT2D eigenvalue weighted by molar-refractivity contribution is -0.150. The molecular weight excluding hydrogens is 278 g/mol. The lowest BCUT2D eigenvalue weighted by Crippen LogP contribution is -2.57. The molecule has 0 radical (unpaired) electrons. The van der Waals surface area contributed by atoms with E-state index in [2.05, 4.69) is 0 Å². The molecule has 0 spiro atoms. The van der Waals surface area contributed by atoms with Gasteiger partial charge in [0.1, 0.15) is 5.54 Å². The number of carbonyl (C=O) groups is 2. The molecule has 1 fully saturated rings. The predicted molar refractivity (Wildman–Crippen MR) is 77.1 cm³/mol. The van der Waals surface area contributed by atoms with E-state index in [0.29, 0.717) is 23.6 Å². The maximum absolute atomic E-state index is 12.6. The number of nitrogens with zero attached hydrogens (tertiary/aromatic N) is 1. The summed E-state index contributed by atoms with van der Waals surface area (Å²) in [4.78, 5) is 25.6. The molecule has 1 aliphatic rings. The zero-order chi connectivity index (χ0) is 14.9. The molecule has 1 aliphatic heterocycles. The maximum atomic E-state index is 12.6. The average Bonchev–Trinajstić information content (AvgIpc) is 2.37. The van der Waals surface area contributed by atoms with Gasteiger partial charge in [-0.05, 0) is 56.9 Å². The standard InChI is InChI=1S/C15H18ClNO3/c1-10-7-11(9-12(16)8-10)13(18)17-6-4-3-5-15(17,2)14(19)20/h7-9H,3-6H2,1-2H3,(H,19,20). The van der Waals surface area contributed by atoms with Crippen molar-refractivity contribution in [3.8, 4) is 0 Å². The number of carboxylic acid groups (broad SMARTS) is 1. The Hall–Kier alpha value is -1.55. The van der Waals surface area contributed by atoms with Crippen LogP contribution >= 0.6 is 11.6 Å². The molecule has 1 heterocycles. The summed E-state index contributed by atoms with van der Waals surface area (Å²) < 4.78 is 0. The number of likely N-dealkylation sites (tertiary alicyclic amines) is 1. The van der Waals surface area contributed by atoms with Gasteiger partial charge in [-0.25, -0.2) is 4.79 Å². The fourth-order valence-electron chi connectivity index (χ4n) is 2.68. The topological polar surface area (TPSA) is 57.6 Å². The smallest absolute Gasteiger partial charge is 0.329 e. The van der Waals surface area contributed by atoms with Gasteiger partial charge in [-0.2, -0.15) is 0 Å². The highest BCUT2D eigenvalue weighted by molar-refractivity contribution is 6.31. The summed E-state index contributed by atoms with van der Waals surface area (Å²) in [6.45, 7) is 3.94. The van der Waals surface area contributed by atoms with E-state index in [9.17, 15) is 14.7 Å². The van der Waals surface area contributed by atoms with Crippen molar-refractivity contribution >= 4 is 23.5 Å². The summed E-state index contributed by atoms with van der Waals surface area (Å²) in [5.41, 5.74) is 0.199. The van der Waals surface area contributed by atoms with Gasteiger partial charge in [-0.3, -0.25) is 4.79 Å². The minimum absolute atomic E-state index is 0.264. The van der Waals surface area contributed by atoms with E-state index in [0.717, 1.165) is 18.4 Å². The number of hydrogen-bond acceptors (Lipinski definition) is 2. The first-order chi connectivity index (χ1) is 9.34. The molecule has 0 bridgehead atoms. The second-order valence-electron chi connectivity index (χ2n) is 5.51. The van der Waals surface area contributed by atoms with Crippen LogP contribution in [0.1, 0.15) is 42.1 Å². The third-order valence-electron chi connectivity index (χ3n) is 3.89. The van der Waals surface area contributed by atoms with Crippen molar-refractivity contribution in [2.75, 3.05) is 6.54 Å². The Morgan fingerprint density at radius 2 is 2.00 bits per heavy atom. The van der Waals surface area contributed by atoms with Gasteiger partial charge in [-0.1, -0.05) is 11.6 Å². The molecule has 108 valence electrons. The van der Waals surface area contributed by atoms with Crippen molar-refractivity contribution in [1.82, 2.24) is 4.90 Å². The van der Waals surface area contributed by atoms with Crippen LogP contribution in [0.2, 0.25) is 5.02 Å². The third kappa shape index (κ3) is 2.66. The molecule has 0 aliphatic carbocycles. The molecule has 1 saturated heterocycles. The lowest BCUT2D eigenvalue weighted by Gasteiger charge is -2.41. The van der Waals surface area contributed by atoms with E-state index < -0.39 is 11.5 Å². The van der Waals surface area contributed by atoms with Crippen LogP contribution in [0.3, 0.4) is 0 Å². The van der Waals surface area contributed by atoms with Crippen molar-refractivity contribution in [1.29, 1.82) is 0 Å². The van der Waals surface area contributed by atoms with Crippen LogP contribution in [0.15, 0.2) is 18.2 Å². The van der Waals surface area contributed by atoms with Gasteiger partial charge in [0.2, 0.25) is 0 Å². The Morgan fingerprint density at radius 3 is 2.60 bits per heavy atom.